The van der Waals surface area contributed by atoms with Gasteiger partial charge >= 0.3 is 0 Å². The number of nitrogens with zero attached hydrogens (tertiary/aromatic N) is 5. The Bertz CT molecular complexity index is 1250. The predicted molar refractivity (Wildman–Crippen MR) is 99.6 cm³/mol. The number of halogens is 1. The minimum Gasteiger partial charge on any atom is -0.497 e. The second-order valence-electron chi connectivity index (χ2n) is 5.86. The average Bonchev–Trinajstić information content (AvgIpc) is 3.36. The van der Waals surface area contributed by atoms with E-state index in [0.29, 0.717) is 11.3 Å². The van der Waals surface area contributed by atoms with Gasteiger partial charge in [-0.1, -0.05) is 0 Å². The maximum Gasteiger partial charge on any atom is 0.299 e. The Labute approximate surface area is 159 Å². The molecule has 0 spiro atoms. The summed E-state index contributed by atoms with van der Waals surface area (Å²) in [6.45, 7) is 0. The zero-order valence-electron chi connectivity index (χ0n) is 14.9. The van der Waals surface area contributed by atoms with Gasteiger partial charge in [0.25, 0.3) is 10.0 Å². The second-order valence-corrected chi connectivity index (χ2v) is 7.74. The van der Waals surface area contributed by atoms with E-state index < -0.39 is 15.8 Å². The van der Waals surface area contributed by atoms with Crippen molar-refractivity contribution in [3.05, 3.63) is 55.0 Å². The van der Waals surface area contributed by atoms with E-state index >= 15 is 0 Å². The lowest BCUT2D eigenvalue weighted by Crippen LogP contribution is -2.28. The lowest BCUT2D eigenvalue weighted by molar-refractivity contribution is 0.414. The highest BCUT2D eigenvalue weighted by Gasteiger charge is 2.27. The van der Waals surface area contributed by atoms with Gasteiger partial charge in [-0.2, -0.15) is 8.42 Å². The molecule has 144 valence electrons. The van der Waals surface area contributed by atoms with E-state index in [1.807, 2.05) is 0 Å². The molecule has 1 aromatic carbocycles. The van der Waals surface area contributed by atoms with E-state index in [-0.39, 0.29) is 22.2 Å². The van der Waals surface area contributed by atoms with Gasteiger partial charge in [-0.25, -0.2) is 19.3 Å². The molecule has 3 heterocycles. The summed E-state index contributed by atoms with van der Waals surface area (Å²) in [5, 5.41) is -0.322. The number of H-pyrrole nitrogens is 1. The Morgan fingerprint density at radius 3 is 2.79 bits per heavy atom. The summed E-state index contributed by atoms with van der Waals surface area (Å²) >= 11 is 0. The molecule has 4 rings (SSSR count). The Hall–Kier alpha value is -3.47. The first-order chi connectivity index (χ1) is 13.4. The molecule has 3 aromatic heterocycles. The van der Waals surface area contributed by atoms with Gasteiger partial charge in [-0.3, -0.25) is 4.31 Å². The lowest BCUT2D eigenvalue weighted by Gasteiger charge is -2.16. The molecule has 0 aliphatic carbocycles. The van der Waals surface area contributed by atoms with Gasteiger partial charge in [0.15, 0.2) is 0 Å². The van der Waals surface area contributed by atoms with Gasteiger partial charge < -0.3 is 14.3 Å². The van der Waals surface area contributed by atoms with Crippen molar-refractivity contribution in [2.24, 2.45) is 0 Å². The Morgan fingerprint density at radius 1 is 1.25 bits per heavy atom. The fourth-order valence-electron chi connectivity index (χ4n) is 2.67. The minimum absolute atomic E-state index is 0.157. The number of aromatic amines is 1. The zero-order valence-corrected chi connectivity index (χ0v) is 15.7. The monoisotopic (exact) mass is 402 g/mol. The van der Waals surface area contributed by atoms with Crippen molar-refractivity contribution < 1.29 is 17.5 Å². The van der Waals surface area contributed by atoms with Crippen LogP contribution in [-0.2, 0) is 10.0 Å². The molecular weight excluding hydrogens is 387 g/mol. The summed E-state index contributed by atoms with van der Waals surface area (Å²) in [4.78, 5) is 14.7. The van der Waals surface area contributed by atoms with E-state index in [0.717, 1.165) is 4.31 Å². The number of imidazole rings is 2. The molecule has 9 nitrogen and oxygen atoms in total. The molecule has 11 heteroatoms. The molecule has 1 N–H and O–H groups in total. The van der Waals surface area contributed by atoms with Crippen LogP contribution in [0.25, 0.3) is 16.7 Å². The van der Waals surface area contributed by atoms with Crippen LogP contribution in [0.5, 0.6) is 5.75 Å². The molecule has 0 saturated heterocycles. The van der Waals surface area contributed by atoms with Crippen molar-refractivity contribution in [2.45, 2.75) is 5.16 Å². The van der Waals surface area contributed by atoms with Crippen molar-refractivity contribution in [1.82, 2.24) is 24.5 Å². The number of methoxy groups -OCH3 is 1. The number of nitrogens with one attached hydrogen (secondary N) is 1. The standard InChI is InChI=1S/C17H15FN6O3S/c1-23(16-7-11(27-2)3-4-20-16)28(25,26)17-21-13-8-12(18)15(9-14(13)22-17)24-6-5-19-10-24/h3-10H,1-2H3,(H,21,22). The first kappa shape index (κ1) is 17.9. The first-order valence-electron chi connectivity index (χ1n) is 8.07. The Balaban J connectivity index is 1.77. The number of hydrogen-bond acceptors (Lipinski definition) is 6. The van der Waals surface area contributed by atoms with Gasteiger partial charge in [-0.05, 0) is 12.1 Å². The van der Waals surface area contributed by atoms with Crippen molar-refractivity contribution in [1.29, 1.82) is 0 Å². The molecule has 0 bridgehead atoms. The van der Waals surface area contributed by atoms with E-state index in [4.69, 9.17) is 4.74 Å². The number of benzene rings is 1. The number of rotatable bonds is 5. The molecule has 0 aliphatic heterocycles. The number of hydrogen-bond donors (Lipinski definition) is 1. The van der Waals surface area contributed by atoms with Gasteiger partial charge in [0.1, 0.15) is 17.4 Å². The Morgan fingerprint density at radius 2 is 2.07 bits per heavy atom. The van der Waals surface area contributed by atoms with Crippen molar-refractivity contribution in [3.63, 3.8) is 0 Å². The highest BCUT2D eigenvalue weighted by atomic mass is 32.2. The smallest absolute Gasteiger partial charge is 0.299 e. The van der Waals surface area contributed by atoms with Crippen molar-refractivity contribution in [2.75, 3.05) is 18.5 Å². The number of ether oxygens (including phenoxy) is 1. The molecule has 28 heavy (non-hydrogen) atoms. The van der Waals surface area contributed by atoms with Gasteiger partial charge in [0.05, 0.1) is 30.2 Å². The summed E-state index contributed by atoms with van der Waals surface area (Å²) in [6, 6.07) is 5.73. The van der Waals surface area contributed by atoms with Crippen molar-refractivity contribution >= 4 is 26.9 Å². The first-order valence-corrected chi connectivity index (χ1v) is 9.51. The van der Waals surface area contributed by atoms with Gasteiger partial charge in [0.2, 0.25) is 5.16 Å². The van der Waals surface area contributed by atoms with Crippen LogP contribution < -0.4 is 9.04 Å². The third-order valence-electron chi connectivity index (χ3n) is 4.19. The van der Waals surface area contributed by atoms with Crippen LogP contribution in [0.2, 0.25) is 0 Å². The molecule has 0 saturated carbocycles. The lowest BCUT2D eigenvalue weighted by atomic mass is 10.2. The third-order valence-corrected chi connectivity index (χ3v) is 5.78. The number of fused-ring (bicyclic) bond motifs is 1. The SMILES string of the molecule is COc1ccnc(N(C)S(=O)(=O)c2nc3cc(-n4ccnc4)c(F)cc3[nH]2)c1. The largest absolute Gasteiger partial charge is 0.497 e. The third kappa shape index (κ3) is 2.95. The van der Waals surface area contributed by atoms with E-state index in [9.17, 15) is 12.8 Å². The fourth-order valence-corrected chi connectivity index (χ4v) is 3.73. The van der Waals surface area contributed by atoms with Crippen LogP contribution in [0.4, 0.5) is 10.2 Å². The summed E-state index contributed by atoms with van der Waals surface area (Å²) in [6.07, 6.45) is 5.97. The van der Waals surface area contributed by atoms with E-state index in [2.05, 4.69) is 19.9 Å². The summed E-state index contributed by atoms with van der Waals surface area (Å²) < 4.78 is 47.8. The molecule has 0 fully saturated rings. The predicted octanol–water partition coefficient (Wildman–Crippen LogP) is 2.12. The molecule has 0 atom stereocenters. The maximum atomic E-state index is 14.4. The topological polar surface area (TPSA) is 106 Å². The van der Waals surface area contributed by atoms with Crippen LogP contribution >= 0.6 is 0 Å². The van der Waals surface area contributed by atoms with Crippen LogP contribution in [0.1, 0.15) is 0 Å². The van der Waals surface area contributed by atoms with Crippen molar-refractivity contribution in [3.8, 4) is 11.4 Å². The van der Waals surface area contributed by atoms with Crippen LogP contribution in [0.15, 0.2) is 54.3 Å². The van der Waals surface area contributed by atoms with Gasteiger partial charge in [0, 0.05) is 37.8 Å². The maximum absolute atomic E-state index is 14.4. The van der Waals surface area contributed by atoms with Gasteiger partial charge in [-0.15, -0.1) is 0 Å². The van der Waals surface area contributed by atoms with Crippen LogP contribution in [-0.4, -0.2) is 47.1 Å². The van der Waals surface area contributed by atoms with Crippen LogP contribution in [0, 0.1) is 5.82 Å². The molecule has 0 radical (unpaired) electrons. The number of pyridine rings is 1. The molecule has 0 aliphatic rings. The normalized spacial score (nSPS) is 11.7. The molecule has 0 unspecified atom stereocenters. The zero-order chi connectivity index (χ0) is 19.9. The number of sulfonamides is 1. The quantitative estimate of drug-likeness (QED) is 0.548. The summed E-state index contributed by atoms with van der Waals surface area (Å²) in [7, 11) is -1.23. The van der Waals surface area contributed by atoms with E-state index in [1.165, 1.54) is 55.6 Å². The second kappa shape index (κ2) is 6.60. The average molecular weight is 402 g/mol. The molecule has 0 amide bonds. The summed E-state index contributed by atoms with van der Waals surface area (Å²) in [5.74, 6) is 0.0784. The number of aromatic nitrogens is 5. The fraction of sp³-hybridized carbons (Fsp3) is 0.118. The highest BCUT2D eigenvalue weighted by molar-refractivity contribution is 7.92. The molecule has 4 aromatic rings. The minimum atomic E-state index is -4.05. The molecular formula is C17H15FN6O3S. The number of anilines is 1. The summed E-state index contributed by atoms with van der Waals surface area (Å²) in [5.41, 5.74) is 0.769. The van der Waals surface area contributed by atoms with E-state index in [1.54, 1.807) is 12.3 Å². The Kier molecular flexibility index (Phi) is 4.23. The highest BCUT2D eigenvalue weighted by Crippen LogP contribution is 2.25. The van der Waals surface area contributed by atoms with Crippen LogP contribution in [0.3, 0.4) is 0 Å².